The number of piperazine rings is 1. The highest BCUT2D eigenvalue weighted by Gasteiger charge is 2.41. The van der Waals surface area contributed by atoms with E-state index >= 15 is 8.78 Å². The summed E-state index contributed by atoms with van der Waals surface area (Å²) in [5.74, 6) is -1.69. The number of anilines is 1. The van der Waals surface area contributed by atoms with Gasteiger partial charge in [0.15, 0.2) is 5.82 Å². The molecule has 0 spiro atoms. The Morgan fingerprint density at radius 2 is 1.68 bits per heavy atom. The summed E-state index contributed by atoms with van der Waals surface area (Å²) < 4.78 is 67.0. The molecule has 1 aromatic heterocycles. The van der Waals surface area contributed by atoms with Crippen LogP contribution in [0.2, 0.25) is 5.02 Å². The zero-order valence-corrected chi connectivity index (χ0v) is 36.3. The third-order valence-electron chi connectivity index (χ3n) is 12.7. The highest BCUT2D eigenvalue weighted by Crippen LogP contribution is 2.43. The van der Waals surface area contributed by atoms with Crippen molar-refractivity contribution in [2.45, 2.75) is 83.2 Å². The lowest BCUT2D eigenvalue weighted by Crippen LogP contribution is -2.52. The van der Waals surface area contributed by atoms with Crippen LogP contribution in [0.3, 0.4) is 0 Å². The van der Waals surface area contributed by atoms with Gasteiger partial charge in [0.2, 0.25) is 11.8 Å². The molecule has 3 aromatic carbocycles. The second-order valence-corrected chi connectivity index (χ2v) is 18.6. The van der Waals surface area contributed by atoms with E-state index in [-0.39, 0.29) is 64.5 Å². The van der Waals surface area contributed by atoms with Crippen molar-refractivity contribution in [3.8, 4) is 16.9 Å². The van der Waals surface area contributed by atoms with Gasteiger partial charge >= 0.3 is 0 Å². The second-order valence-electron chi connectivity index (χ2n) is 16.4. The second kappa shape index (κ2) is 19.5. The topological polar surface area (TPSA) is 134 Å². The summed E-state index contributed by atoms with van der Waals surface area (Å²) in [6.45, 7) is 7.35. The van der Waals surface area contributed by atoms with Crippen LogP contribution < -0.4 is 15.0 Å². The average Bonchev–Trinajstić information content (AvgIpc) is 3.59. The van der Waals surface area contributed by atoms with Crippen LogP contribution in [-0.2, 0) is 27.5 Å². The van der Waals surface area contributed by atoms with Gasteiger partial charge in [-0.2, -0.15) is 0 Å². The molecular weight excluding hydrogens is 843 g/mol. The fourth-order valence-electron chi connectivity index (χ4n) is 9.39. The van der Waals surface area contributed by atoms with Crippen molar-refractivity contribution >= 4 is 57.4 Å². The average molecular weight is 894 g/mol. The number of rotatable bonds is 15. The standard InChI is InChI=1S/C45H51ClF3N7O5S/c1-2-62(60)55-20-18-54(19-21-55)43-32-25-34(46)39(41(49)42(32)50-27-51-43)40-35(48)9-8-10-37(40)61-22-7-5-3-4-6-15-53-16-13-28(14-17-53)30-23-29(47)24-31-33(30)26-56(45(31)59)36-11-12-38(57)52-44(36)58/h8-10,23-25,27-28,36H,2-7,11-22,26H2,1H3,(H,52,57,58). The van der Waals surface area contributed by atoms with E-state index in [4.69, 9.17) is 16.3 Å². The molecule has 17 heteroatoms. The van der Waals surface area contributed by atoms with Crippen LogP contribution in [0.15, 0.2) is 42.7 Å². The van der Waals surface area contributed by atoms with Gasteiger partial charge in [-0.05, 0) is 106 Å². The first-order valence-corrected chi connectivity index (χ1v) is 23.3. The molecule has 0 bridgehead atoms. The van der Waals surface area contributed by atoms with E-state index in [1.807, 2.05) is 16.1 Å². The number of amides is 3. The van der Waals surface area contributed by atoms with E-state index < -0.39 is 40.8 Å². The maximum absolute atomic E-state index is 16.4. The van der Waals surface area contributed by atoms with Crippen molar-refractivity contribution < 1.29 is 36.8 Å². The molecule has 4 aromatic rings. The number of benzene rings is 3. The lowest BCUT2D eigenvalue weighted by Gasteiger charge is -2.35. The number of imide groups is 1. The summed E-state index contributed by atoms with van der Waals surface area (Å²) in [6, 6.07) is 8.06. The van der Waals surface area contributed by atoms with Crippen LogP contribution in [0, 0.1) is 17.5 Å². The minimum absolute atomic E-state index is 0.0169. The Kier molecular flexibility index (Phi) is 13.9. The van der Waals surface area contributed by atoms with Gasteiger partial charge in [-0.1, -0.05) is 36.9 Å². The number of fused-ring (bicyclic) bond motifs is 2. The number of carbonyl (C=O) groups is 3. The fourth-order valence-corrected chi connectivity index (χ4v) is 10.6. The molecule has 8 rings (SSSR count). The third kappa shape index (κ3) is 9.26. The van der Waals surface area contributed by atoms with Crippen LogP contribution >= 0.6 is 11.6 Å². The number of hydrogen-bond acceptors (Lipinski definition) is 10. The lowest BCUT2D eigenvalue weighted by atomic mass is 9.85. The Hall–Kier alpha value is -4.48. The summed E-state index contributed by atoms with van der Waals surface area (Å²) >= 11 is 5.69. The molecule has 3 saturated heterocycles. The maximum atomic E-state index is 16.4. The minimum atomic E-state index is -1.05. The van der Waals surface area contributed by atoms with Gasteiger partial charge in [-0.25, -0.2) is 23.1 Å². The summed E-state index contributed by atoms with van der Waals surface area (Å²) in [7, 11) is 0. The molecule has 0 aliphatic carbocycles. The van der Waals surface area contributed by atoms with Crippen molar-refractivity contribution in [3.63, 3.8) is 0 Å². The predicted molar refractivity (Wildman–Crippen MR) is 232 cm³/mol. The molecule has 62 heavy (non-hydrogen) atoms. The van der Waals surface area contributed by atoms with Crippen LogP contribution in [0.5, 0.6) is 5.75 Å². The molecule has 2 unspecified atom stereocenters. The summed E-state index contributed by atoms with van der Waals surface area (Å²) in [6.07, 6.45) is 8.06. The molecule has 3 amide bonds. The van der Waals surface area contributed by atoms with Crippen molar-refractivity contribution in [1.82, 2.24) is 29.4 Å². The van der Waals surface area contributed by atoms with Crippen molar-refractivity contribution in [1.29, 1.82) is 0 Å². The summed E-state index contributed by atoms with van der Waals surface area (Å²) in [5.41, 5.74) is 1.81. The Bertz CT molecular complexity index is 2330. The number of hydrogen-bond donors (Lipinski definition) is 1. The molecule has 330 valence electrons. The monoisotopic (exact) mass is 893 g/mol. The van der Waals surface area contributed by atoms with E-state index in [2.05, 4.69) is 20.2 Å². The molecule has 5 heterocycles. The maximum Gasteiger partial charge on any atom is 0.255 e. The van der Waals surface area contributed by atoms with Crippen molar-refractivity contribution in [2.24, 2.45) is 0 Å². The van der Waals surface area contributed by atoms with Crippen LogP contribution in [-0.4, -0.2) is 111 Å². The first-order chi connectivity index (χ1) is 30.0. The van der Waals surface area contributed by atoms with Gasteiger partial charge in [0.1, 0.15) is 46.8 Å². The zero-order chi connectivity index (χ0) is 43.5. The van der Waals surface area contributed by atoms with Crippen molar-refractivity contribution in [2.75, 3.05) is 63.1 Å². The highest BCUT2D eigenvalue weighted by atomic mass is 35.5. The number of ether oxygens (including phenoxy) is 1. The number of nitrogens with zero attached hydrogens (tertiary/aromatic N) is 6. The molecular formula is C45H51ClF3N7O5S. The van der Waals surface area contributed by atoms with Gasteiger partial charge in [-0.15, -0.1) is 4.31 Å². The van der Waals surface area contributed by atoms with E-state index in [1.54, 1.807) is 18.2 Å². The molecule has 12 nitrogen and oxygen atoms in total. The largest absolute Gasteiger partial charge is 0.598 e. The number of nitrogens with one attached hydrogen (secondary N) is 1. The fraction of sp³-hybridized carbons (Fsp3) is 0.489. The van der Waals surface area contributed by atoms with Crippen molar-refractivity contribution in [3.05, 3.63) is 81.9 Å². The van der Waals surface area contributed by atoms with Crippen LogP contribution in [0.4, 0.5) is 19.0 Å². The summed E-state index contributed by atoms with van der Waals surface area (Å²) in [4.78, 5) is 52.1. The molecule has 4 aliphatic heterocycles. The molecule has 2 atom stereocenters. The minimum Gasteiger partial charge on any atom is -0.598 e. The Morgan fingerprint density at radius 3 is 2.44 bits per heavy atom. The van der Waals surface area contributed by atoms with Crippen LogP contribution in [0.1, 0.15) is 92.1 Å². The van der Waals surface area contributed by atoms with Gasteiger partial charge in [0.25, 0.3) is 5.91 Å². The number of piperidine rings is 2. The number of halogens is 4. The third-order valence-corrected chi connectivity index (χ3v) is 14.4. The normalized spacial score (nSPS) is 19.6. The lowest BCUT2D eigenvalue weighted by molar-refractivity contribution is -0.136. The highest BCUT2D eigenvalue weighted by molar-refractivity contribution is 7.89. The smallest absolute Gasteiger partial charge is 0.255 e. The molecule has 0 saturated carbocycles. The van der Waals surface area contributed by atoms with Gasteiger partial charge in [0.05, 0.1) is 30.3 Å². The first-order valence-electron chi connectivity index (χ1n) is 21.6. The van der Waals surface area contributed by atoms with Gasteiger partial charge in [0, 0.05) is 53.9 Å². The quantitative estimate of drug-likeness (QED) is 0.0746. The first kappa shape index (κ1) is 44.1. The van der Waals surface area contributed by atoms with Crippen LogP contribution in [0.25, 0.3) is 22.0 Å². The number of likely N-dealkylation sites (tertiary alicyclic amines) is 1. The number of unbranched alkanes of at least 4 members (excludes halogenated alkanes) is 4. The van der Waals surface area contributed by atoms with Gasteiger partial charge < -0.3 is 24.0 Å². The van der Waals surface area contributed by atoms with E-state index in [1.165, 1.54) is 29.4 Å². The molecule has 4 aliphatic rings. The van der Waals surface area contributed by atoms with E-state index in [0.29, 0.717) is 55.3 Å². The Balaban J connectivity index is 0.799. The summed E-state index contributed by atoms with van der Waals surface area (Å²) in [5, 5.41) is 2.76. The number of aromatic nitrogens is 2. The predicted octanol–water partition coefficient (Wildman–Crippen LogP) is 7.14. The molecule has 1 N–H and O–H groups in total. The van der Waals surface area contributed by atoms with Gasteiger partial charge in [-0.3, -0.25) is 19.7 Å². The molecule has 3 fully saturated rings. The molecule has 0 radical (unpaired) electrons. The Morgan fingerprint density at radius 1 is 0.919 bits per heavy atom. The van der Waals surface area contributed by atoms with E-state index in [9.17, 15) is 23.3 Å². The number of carbonyl (C=O) groups excluding carboxylic acids is 3. The van der Waals surface area contributed by atoms with E-state index in [0.717, 1.165) is 75.7 Å². The zero-order valence-electron chi connectivity index (χ0n) is 34.8. The SMILES string of the molecule is CC[S+]([O-])N1CCN(c2ncnc3c(F)c(-c4c(F)cccc4OCCCCCCCN4CCC(c5cc(F)cc6c5CN(C5CCC(=O)NC5=O)C6=O)CC4)c(Cl)cc23)CC1. The Labute approximate surface area is 367 Å².